The van der Waals surface area contributed by atoms with E-state index >= 15 is 0 Å². The van der Waals surface area contributed by atoms with Crippen LogP contribution in [0.4, 0.5) is 22.0 Å². The topological polar surface area (TPSA) is 0 Å². The van der Waals surface area contributed by atoms with E-state index in [0.29, 0.717) is 5.56 Å². The molecular formula is C29H35F5. The van der Waals surface area contributed by atoms with E-state index in [9.17, 15) is 22.0 Å². The second-order valence-electron chi connectivity index (χ2n) is 10.5. The predicted molar refractivity (Wildman–Crippen MR) is 125 cm³/mol. The van der Waals surface area contributed by atoms with Gasteiger partial charge in [0.2, 0.25) is 0 Å². The van der Waals surface area contributed by atoms with Crippen molar-refractivity contribution in [1.82, 2.24) is 0 Å². The average molecular weight is 479 g/mol. The molecule has 2 fully saturated rings. The number of hydrogen-bond donors (Lipinski definition) is 0. The van der Waals surface area contributed by atoms with Crippen LogP contribution in [0.25, 0.3) is 0 Å². The van der Waals surface area contributed by atoms with Crippen LogP contribution < -0.4 is 0 Å². The first-order valence-corrected chi connectivity index (χ1v) is 13.0. The molecule has 0 aliphatic heterocycles. The summed E-state index contributed by atoms with van der Waals surface area (Å²) in [5.74, 6) is -2.73. The molecule has 0 aromatic heterocycles. The number of rotatable bonds is 7. The van der Waals surface area contributed by atoms with Crippen molar-refractivity contribution in [3.05, 3.63) is 70.0 Å². The summed E-state index contributed by atoms with van der Waals surface area (Å²) in [5.41, 5.74) is 0.787. The fourth-order valence-corrected chi connectivity index (χ4v) is 6.40. The third-order valence-electron chi connectivity index (χ3n) is 8.37. The van der Waals surface area contributed by atoms with E-state index in [1.165, 1.54) is 50.7 Å². The van der Waals surface area contributed by atoms with Gasteiger partial charge in [0.1, 0.15) is 11.6 Å². The zero-order valence-electron chi connectivity index (χ0n) is 20.0. The van der Waals surface area contributed by atoms with E-state index in [0.717, 1.165) is 55.6 Å². The molecule has 0 atom stereocenters. The molecule has 2 saturated carbocycles. The van der Waals surface area contributed by atoms with Crippen LogP contribution in [0.15, 0.2) is 24.3 Å². The zero-order chi connectivity index (χ0) is 24.2. The van der Waals surface area contributed by atoms with Crippen molar-refractivity contribution in [2.45, 2.75) is 89.9 Å². The van der Waals surface area contributed by atoms with Gasteiger partial charge in [-0.05, 0) is 110 Å². The Morgan fingerprint density at radius 1 is 0.647 bits per heavy atom. The second-order valence-corrected chi connectivity index (χ2v) is 10.5. The van der Waals surface area contributed by atoms with Crippen molar-refractivity contribution in [2.24, 2.45) is 17.8 Å². The van der Waals surface area contributed by atoms with Crippen LogP contribution in [0.5, 0.6) is 0 Å². The summed E-state index contributed by atoms with van der Waals surface area (Å²) < 4.78 is 69.6. The molecule has 2 aliphatic carbocycles. The Labute approximate surface area is 200 Å². The van der Waals surface area contributed by atoms with Gasteiger partial charge in [-0.2, -0.15) is 0 Å². The molecule has 0 heterocycles. The van der Waals surface area contributed by atoms with Crippen LogP contribution in [0, 0.1) is 46.8 Å². The van der Waals surface area contributed by atoms with E-state index < -0.39 is 29.1 Å². The monoisotopic (exact) mass is 478 g/mol. The second kappa shape index (κ2) is 11.2. The molecule has 34 heavy (non-hydrogen) atoms. The highest BCUT2D eigenvalue weighted by Gasteiger charge is 2.31. The predicted octanol–water partition coefficient (Wildman–Crippen LogP) is 9.05. The number of halogens is 5. The van der Waals surface area contributed by atoms with Crippen molar-refractivity contribution in [3.8, 4) is 0 Å². The van der Waals surface area contributed by atoms with Crippen molar-refractivity contribution in [1.29, 1.82) is 0 Å². The standard InChI is InChI=1S/C29H35F5/c1-2-3-18-4-7-20(8-5-18)21-9-11-22(12-10-21)23-16-25(30)24(26(31)17-23)13-6-19-14-27(32)29(34)28(33)15-19/h14-18,20-22H,2-13H2,1H3. The van der Waals surface area contributed by atoms with Crippen LogP contribution in [-0.2, 0) is 12.8 Å². The first kappa shape index (κ1) is 25.2. The summed E-state index contributed by atoms with van der Waals surface area (Å²) in [6, 6.07) is 4.62. The molecule has 0 nitrogen and oxygen atoms in total. The van der Waals surface area contributed by atoms with Crippen LogP contribution in [-0.4, -0.2) is 0 Å². The maximum Gasteiger partial charge on any atom is 0.194 e. The molecule has 4 rings (SSSR count). The molecule has 186 valence electrons. The van der Waals surface area contributed by atoms with Gasteiger partial charge in [0.15, 0.2) is 17.5 Å². The fourth-order valence-electron chi connectivity index (χ4n) is 6.40. The van der Waals surface area contributed by atoms with Crippen molar-refractivity contribution in [2.75, 3.05) is 0 Å². The molecule has 0 saturated heterocycles. The van der Waals surface area contributed by atoms with Gasteiger partial charge in [0.05, 0.1) is 0 Å². The van der Waals surface area contributed by atoms with Gasteiger partial charge in [-0.3, -0.25) is 0 Å². The summed E-state index contributed by atoms with van der Waals surface area (Å²) in [6.07, 6.45) is 12.2. The molecular weight excluding hydrogens is 443 g/mol. The van der Waals surface area contributed by atoms with E-state index in [2.05, 4.69) is 6.92 Å². The first-order chi connectivity index (χ1) is 16.4. The van der Waals surface area contributed by atoms with E-state index in [1.807, 2.05) is 0 Å². The van der Waals surface area contributed by atoms with Gasteiger partial charge >= 0.3 is 0 Å². The van der Waals surface area contributed by atoms with Gasteiger partial charge in [-0.1, -0.05) is 32.6 Å². The van der Waals surface area contributed by atoms with Gasteiger partial charge in [-0.15, -0.1) is 0 Å². The van der Waals surface area contributed by atoms with Crippen LogP contribution in [0.3, 0.4) is 0 Å². The largest absolute Gasteiger partial charge is 0.207 e. The normalized spacial score (nSPS) is 25.5. The number of hydrogen-bond acceptors (Lipinski definition) is 0. The van der Waals surface area contributed by atoms with Crippen molar-refractivity contribution >= 4 is 0 Å². The third-order valence-corrected chi connectivity index (χ3v) is 8.37. The first-order valence-electron chi connectivity index (χ1n) is 13.0. The number of benzene rings is 2. The van der Waals surface area contributed by atoms with Crippen molar-refractivity contribution in [3.63, 3.8) is 0 Å². The zero-order valence-corrected chi connectivity index (χ0v) is 20.0. The van der Waals surface area contributed by atoms with Gasteiger partial charge in [0.25, 0.3) is 0 Å². The Balaban J connectivity index is 1.33. The molecule has 5 heteroatoms. The third kappa shape index (κ3) is 5.83. The highest BCUT2D eigenvalue weighted by Crippen LogP contribution is 2.44. The van der Waals surface area contributed by atoms with Crippen molar-refractivity contribution < 1.29 is 22.0 Å². The Kier molecular flexibility index (Phi) is 8.31. The summed E-state index contributed by atoms with van der Waals surface area (Å²) in [6.45, 7) is 2.26. The van der Waals surface area contributed by atoms with Crippen LogP contribution in [0.1, 0.15) is 93.7 Å². The highest BCUT2D eigenvalue weighted by molar-refractivity contribution is 5.30. The lowest BCUT2D eigenvalue weighted by molar-refractivity contribution is 0.156. The number of aryl methyl sites for hydroxylation is 1. The minimum atomic E-state index is -1.54. The molecule has 0 amide bonds. The molecule has 0 radical (unpaired) electrons. The SMILES string of the molecule is CCCC1CCC(C2CCC(c3cc(F)c(CCc4cc(F)c(F)c(F)c4)c(F)c3)CC2)CC1. The quantitative estimate of drug-likeness (QED) is 0.275. The van der Waals surface area contributed by atoms with E-state index in [1.54, 1.807) is 0 Å². The molecule has 2 aromatic carbocycles. The molecule has 0 bridgehead atoms. The Morgan fingerprint density at radius 3 is 1.71 bits per heavy atom. The Morgan fingerprint density at radius 2 is 1.18 bits per heavy atom. The van der Waals surface area contributed by atoms with E-state index in [4.69, 9.17) is 0 Å². The van der Waals surface area contributed by atoms with Crippen LogP contribution in [0.2, 0.25) is 0 Å². The fraction of sp³-hybridized carbons (Fsp3) is 0.586. The highest BCUT2D eigenvalue weighted by atomic mass is 19.2. The molecule has 0 N–H and O–H groups in total. The lowest BCUT2D eigenvalue weighted by Gasteiger charge is -2.38. The van der Waals surface area contributed by atoms with Gasteiger partial charge in [-0.25, -0.2) is 22.0 Å². The van der Waals surface area contributed by atoms with Gasteiger partial charge < -0.3 is 0 Å². The summed E-state index contributed by atoms with van der Waals surface area (Å²) >= 11 is 0. The minimum Gasteiger partial charge on any atom is -0.207 e. The maximum absolute atomic E-state index is 14.8. The molecule has 2 aliphatic rings. The summed E-state index contributed by atoms with van der Waals surface area (Å²) in [4.78, 5) is 0. The average Bonchev–Trinajstić information content (AvgIpc) is 2.82. The Hall–Kier alpha value is -1.91. The maximum atomic E-state index is 14.8. The lowest BCUT2D eigenvalue weighted by atomic mass is 9.68. The smallest absolute Gasteiger partial charge is 0.194 e. The van der Waals surface area contributed by atoms with E-state index in [-0.39, 0.29) is 29.9 Å². The summed E-state index contributed by atoms with van der Waals surface area (Å²) in [7, 11) is 0. The lowest BCUT2D eigenvalue weighted by Crippen LogP contribution is -2.25. The molecule has 0 unspecified atom stereocenters. The van der Waals surface area contributed by atoms with Gasteiger partial charge in [0, 0.05) is 5.56 Å². The van der Waals surface area contributed by atoms with Crippen LogP contribution >= 0.6 is 0 Å². The minimum absolute atomic E-state index is 0.0208. The molecule has 0 spiro atoms. The summed E-state index contributed by atoms with van der Waals surface area (Å²) in [5, 5.41) is 0. The molecule has 2 aromatic rings. The Bertz CT molecular complexity index is 922.